The Labute approximate surface area is 148 Å². The monoisotopic (exact) mass is 339 g/mol. The third kappa shape index (κ3) is 2.99. The van der Waals surface area contributed by atoms with Crippen LogP contribution >= 0.6 is 0 Å². The van der Waals surface area contributed by atoms with Crippen molar-refractivity contribution in [2.75, 3.05) is 0 Å². The van der Waals surface area contributed by atoms with Gasteiger partial charge < -0.3 is 14.8 Å². The predicted octanol–water partition coefficient (Wildman–Crippen LogP) is 3.50. The van der Waals surface area contributed by atoms with Crippen LogP contribution in [0.5, 0.6) is 0 Å². The van der Waals surface area contributed by atoms with Crippen molar-refractivity contribution in [3.8, 4) is 0 Å². The second-order valence-corrected chi connectivity index (χ2v) is 7.60. The molecule has 2 aliphatic carbocycles. The van der Waals surface area contributed by atoms with Crippen LogP contribution < -0.4 is 5.32 Å². The molecular weight excluding hydrogens is 314 g/mol. The summed E-state index contributed by atoms with van der Waals surface area (Å²) in [6, 6.07) is 12.0. The molecule has 1 heterocycles. The standard InChI is InChI=1S/C21H25NO3/c1-14(12-18(23)19-9-5-11-25-19)22-20(24)17-13-21(17)10-4-7-15-6-2-3-8-16(15)21/h2-3,5-6,8-9,11,14,17-18,23H,4,7,10,12-13H2,1H3,(H,22,24). The maximum atomic E-state index is 12.8. The number of nitrogens with one attached hydrogen (secondary N) is 1. The highest BCUT2D eigenvalue weighted by molar-refractivity contribution is 5.85. The molecule has 1 amide bonds. The Morgan fingerprint density at radius 1 is 1.36 bits per heavy atom. The summed E-state index contributed by atoms with van der Waals surface area (Å²) in [7, 11) is 0. The Morgan fingerprint density at radius 2 is 2.20 bits per heavy atom. The van der Waals surface area contributed by atoms with E-state index in [4.69, 9.17) is 4.42 Å². The zero-order valence-corrected chi connectivity index (χ0v) is 14.6. The zero-order chi connectivity index (χ0) is 17.4. The molecule has 0 radical (unpaired) electrons. The summed E-state index contributed by atoms with van der Waals surface area (Å²) in [5.41, 5.74) is 2.84. The molecule has 0 bridgehead atoms. The summed E-state index contributed by atoms with van der Waals surface area (Å²) < 4.78 is 5.23. The lowest BCUT2D eigenvalue weighted by atomic mass is 9.78. The number of rotatable bonds is 5. The number of fused-ring (bicyclic) bond motifs is 2. The molecule has 4 unspecified atom stereocenters. The molecule has 2 aliphatic rings. The molecule has 2 N–H and O–H groups in total. The SMILES string of the molecule is CC(CC(O)c1ccco1)NC(=O)C1CC12CCCc1ccccc12. The summed E-state index contributed by atoms with van der Waals surface area (Å²) >= 11 is 0. The molecule has 1 aromatic carbocycles. The zero-order valence-electron chi connectivity index (χ0n) is 14.6. The van der Waals surface area contributed by atoms with Crippen molar-refractivity contribution < 1.29 is 14.3 Å². The van der Waals surface area contributed by atoms with E-state index in [2.05, 4.69) is 29.6 Å². The molecule has 2 aromatic rings. The normalized spacial score (nSPS) is 26.7. The van der Waals surface area contributed by atoms with Crippen molar-refractivity contribution in [1.29, 1.82) is 0 Å². The molecule has 0 saturated heterocycles. The van der Waals surface area contributed by atoms with Crippen LogP contribution in [0.3, 0.4) is 0 Å². The first kappa shape index (κ1) is 16.4. The fourth-order valence-electron chi connectivity index (χ4n) is 4.51. The van der Waals surface area contributed by atoms with Gasteiger partial charge in [-0.1, -0.05) is 24.3 Å². The highest BCUT2D eigenvalue weighted by atomic mass is 16.4. The van der Waals surface area contributed by atoms with Gasteiger partial charge in [-0.3, -0.25) is 4.79 Å². The van der Waals surface area contributed by atoms with Gasteiger partial charge in [0, 0.05) is 23.8 Å². The van der Waals surface area contributed by atoms with Crippen molar-refractivity contribution in [3.63, 3.8) is 0 Å². The first-order valence-corrected chi connectivity index (χ1v) is 9.20. The number of amides is 1. The fraction of sp³-hybridized carbons (Fsp3) is 0.476. The Morgan fingerprint density at radius 3 is 3.00 bits per heavy atom. The molecule has 0 aliphatic heterocycles. The molecule has 132 valence electrons. The van der Waals surface area contributed by atoms with E-state index in [-0.39, 0.29) is 23.3 Å². The summed E-state index contributed by atoms with van der Waals surface area (Å²) in [4.78, 5) is 12.8. The largest absolute Gasteiger partial charge is 0.467 e. The molecule has 1 aromatic heterocycles. The quantitative estimate of drug-likeness (QED) is 0.876. The van der Waals surface area contributed by atoms with Crippen LogP contribution in [-0.2, 0) is 16.6 Å². The average Bonchev–Trinajstić information content (AvgIpc) is 3.06. The first-order chi connectivity index (χ1) is 12.1. The van der Waals surface area contributed by atoms with Crippen LogP contribution in [0.15, 0.2) is 47.1 Å². The minimum atomic E-state index is -0.686. The molecular formula is C21H25NO3. The Balaban J connectivity index is 1.39. The minimum absolute atomic E-state index is 0.0538. The fourth-order valence-corrected chi connectivity index (χ4v) is 4.51. The van der Waals surface area contributed by atoms with Gasteiger partial charge in [0.1, 0.15) is 11.9 Å². The summed E-state index contributed by atoms with van der Waals surface area (Å²) in [6.07, 6.45) is 5.65. The number of aliphatic hydroxyl groups is 1. The maximum Gasteiger partial charge on any atom is 0.224 e. The van der Waals surface area contributed by atoms with Crippen LogP contribution in [-0.4, -0.2) is 17.1 Å². The van der Waals surface area contributed by atoms with E-state index >= 15 is 0 Å². The Kier molecular flexibility index (Phi) is 4.16. The van der Waals surface area contributed by atoms with Crippen molar-refractivity contribution in [2.45, 2.75) is 56.6 Å². The second kappa shape index (κ2) is 6.34. The molecule has 4 atom stereocenters. The summed E-state index contributed by atoms with van der Waals surface area (Å²) in [5.74, 6) is 0.734. The van der Waals surface area contributed by atoms with E-state index in [0.29, 0.717) is 12.2 Å². The van der Waals surface area contributed by atoms with Gasteiger partial charge in [-0.05, 0) is 55.9 Å². The van der Waals surface area contributed by atoms with Crippen LogP contribution in [0.4, 0.5) is 0 Å². The lowest BCUT2D eigenvalue weighted by molar-refractivity contribution is -0.123. The third-order valence-electron chi connectivity index (χ3n) is 5.85. The molecule has 1 spiro atoms. The van der Waals surface area contributed by atoms with E-state index in [1.165, 1.54) is 11.1 Å². The highest BCUT2D eigenvalue weighted by Gasteiger charge is 2.60. The van der Waals surface area contributed by atoms with Crippen molar-refractivity contribution in [1.82, 2.24) is 5.32 Å². The predicted molar refractivity (Wildman–Crippen MR) is 95.1 cm³/mol. The molecule has 4 heteroatoms. The van der Waals surface area contributed by atoms with E-state index in [1.54, 1.807) is 18.4 Å². The molecule has 4 nitrogen and oxygen atoms in total. The topological polar surface area (TPSA) is 62.5 Å². The summed E-state index contributed by atoms with van der Waals surface area (Å²) in [6.45, 7) is 1.94. The van der Waals surface area contributed by atoms with Crippen molar-refractivity contribution >= 4 is 5.91 Å². The van der Waals surface area contributed by atoms with Crippen molar-refractivity contribution in [2.24, 2.45) is 5.92 Å². The average molecular weight is 339 g/mol. The number of hydrogen-bond donors (Lipinski definition) is 2. The molecule has 4 rings (SSSR count). The second-order valence-electron chi connectivity index (χ2n) is 7.60. The van der Waals surface area contributed by atoms with E-state index in [9.17, 15) is 9.90 Å². The van der Waals surface area contributed by atoms with Gasteiger partial charge in [-0.15, -0.1) is 0 Å². The Hall–Kier alpha value is -2.07. The van der Waals surface area contributed by atoms with Gasteiger partial charge in [0.15, 0.2) is 0 Å². The highest BCUT2D eigenvalue weighted by Crippen LogP contribution is 2.60. The van der Waals surface area contributed by atoms with Crippen LogP contribution in [0, 0.1) is 5.92 Å². The van der Waals surface area contributed by atoms with Gasteiger partial charge in [0.2, 0.25) is 5.91 Å². The van der Waals surface area contributed by atoms with E-state index < -0.39 is 6.10 Å². The van der Waals surface area contributed by atoms with E-state index in [0.717, 1.165) is 25.7 Å². The number of carbonyl (C=O) groups is 1. The molecule has 25 heavy (non-hydrogen) atoms. The number of furan rings is 1. The lowest BCUT2D eigenvalue weighted by Gasteiger charge is -2.27. The van der Waals surface area contributed by atoms with Crippen LogP contribution in [0.2, 0.25) is 0 Å². The van der Waals surface area contributed by atoms with Gasteiger partial charge in [-0.2, -0.15) is 0 Å². The number of aliphatic hydroxyl groups excluding tert-OH is 1. The third-order valence-corrected chi connectivity index (χ3v) is 5.85. The van der Waals surface area contributed by atoms with Gasteiger partial charge in [0.25, 0.3) is 0 Å². The van der Waals surface area contributed by atoms with Gasteiger partial charge in [0.05, 0.1) is 6.26 Å². The first-order valence-electron chi connectivity index (χ1n) is 9.20. The summed E-state index contributed by atoms with van der Waals surface area (Å²) in [5, 5.41) is 13.3. The number of benzene rings is 1. The molecule has 1 saturated carbocycles. The van der Waals surface area contributed by atoms with Crippen LogP contribution in [0.25, 0.3) is 0 Å². The van der Waals surface area contributed by atoms with Crippen molar-refractivity contribution in [3.05, 3.63) is 59.5 Å². The minimum Gasteiger partial charge on any atom is -0.467 e. The van der Waals surface area contributed by atoms with Gasteiger partial charge in [-0.25, -0.2) is 0 Å². The molecule has 1 fully saturated rings. The van der Waals surface area contributed by atoms with Crippen LogP contribution in [0.1, 0.15) is 55.6 Å². The lowest BCUT2D eigenvalue weighted by Crippen LogP contribution is -2.37. The van der Waals surface area contributed by atoms with E-state index in [1.807, 2.05) is 6.92 Å². The Bertz CT molecular complexity index is 754. The number of carbonyl (C=O) groups excluding carboxylic acids is 1. The van der Waals surface area contributed by atoms with Gasteiger partial charge >= 0.3 is 0 Å². The number of hydrogen-bond acceptors (Lipinski definition) is 3. The maximum absolute atomic E-state index is 12.8. The number of aryl methyl sites for hydroxylation is 1. The smallest absolute Gasteiger partial charge is 0.224 e.